The molecule has 1 aromatic rings. The zero-order valence-electron chi connectivity index (χ0n) is 13.3. The molecule has 0 bridgehead atoms. The fourth-order valence-corrected chi connectivity index (χ4v) is 5.07. The highest BCUT2D eigenvalue weighted by Gasteiger charge is 2.44. The average Bonchev–Trinajstić information content (AvgIpc) is 3.23. The van der Waals surface area contributed by atoms with E-state index in [1.54, 1.807) is 11.3 Å². The SMILES string of the molecule is O=C(c1ccsc1)N1C[C@H]2C[C@@H](N3CCOCC3)[C@H](O)C[C@H]2C1. The Hall–Kier alpha value is -0.950. The summed E-state index contributed by atoms with van der Waals surface area (Å²) in [5, 5.41) is 14.5. The first-order valence-electron chi connectivity index (χ1n) is 8.53. The third-order valence-electron chi connectivity index (χ3n) is 5.68. The van der Waals surface area contributed by atoms with Gasteiger partial charge in [0.2, 0.25) is 0 Å². The van der Waals surface area contributed by atoms with Gasteiger partial charge in [0.25, 0.3) is 5.91 Å². The number of aliphatic hydroxyl groups excluding tert-OH is 1. The van der Waals surface area contributed by atoms with Crippen molar-refractivity contribution in [3.05, 3.63) is 22.4 Å². The Kier molecular flexibility index (Phi) is 4.41. The lowest BCUT2D eigenvalue weighted by molar-refractivity contribution is -0.0520. The van der Waals surface area contributed by atoms with Gasteiger partial charge in [-0.25, -0.2) is 0 Å². The van der Waals surface area contributed by atoms with Crippen molar-refractivity contribution in [1.29, 1.82) is 0 Å². The van der Waals surface area contributed by atoms with E-state index in [9.17, 15) is 9.90 Å². The highest BCUT2D eigenvalue weighted by molar-refractivity contribution is 7.08. The van der Waals surface area contributed by atoms with Gasteiger partial charge in [0.1, 0.15) is 0 Å². The zero-order valence-corrected chi connectivity index (χ0v) is 14.1. The molecule has 2 aliphatic heterocycles. The minimum absolute atomic E-state index is 0.151. The van der Waals surface area contributed by atoms with Crippen LogP contribution in [0.3, 0.4) is 0 Å². The standard InChI is InChI=1S/C17H24N2O3S/c20-16-8-14-10-19(17(21)12-1-6-23-11-12)9-13(14)7-15(16)18-2-4-22-5-3-18/h1,6,11,13-16,20H,2-5,7-10H2/t13-,14+,15-,16-/m1/s1. The number of ether oxygens (including phenoxy) is 1. The van der Waals surface area contributed by atoms with Gasteiger partial charge in [-0.2, -0.15) is 11.3 Å². The number of fused-ring (bicyclic) bond motifs is 1. The number of thiophene rings is 1. The van der Waals surface area contributed by atoms with Gasteiger partial charge >= 0.3 is 0 Å². The van der Waals surface area contributed by atoms with Crippen LogP contribution in [0.5, 0.6) is 0 Å². The summed E-state index contributed by atoms with van der Waals surface area (Å²) in [5.74, 6) is 1.12. The van der Waals surface area contributed by atoms with E-state index in [1.165, 1.54) is 0 Å². The number of rotatable bonds is 2. The predicted molar refractivity (Wildman–Crippen MR) is 88.6 cm³/mol. The number of nitrogens with zero attached hydrogens (tertiary/aromatic N) is 2. The molecule has 0 radical (unpaired) electrons. The molecule has 3 heterocycles. The van der Waals surface area contributed by atoms with Gasteiger partial charge in [0.05, 0.1) is 24.9 Å². The lowest BCUT2D eigenvalue weighted by Gasteiger charge is -2.43. The Morgan fingerprint density at radius 3 is 2.65 bits per heavy atom. The average molecular weight is 336 g/mol. The molecule has 0 aromatic carbocycles. The molecule has 3 aliphatic rings. The van der Waals surface area contributed by atoms with Crippen molar-refractivity contribution >= 4 is 17.2 Å². The van der Waals surface area contributed by atoms with Crippen molar-refractivity contribution in [3.63, 3.8) is 0 Å². The van der Waals surface area contributed by atoms with Gasteiger partial charge in [-0.05, 0) is 36.1 Å². The van der Waals surface area contributed by atoms with Crippen molar-refractivity contribution in [1.82, 2.24) is 9.80 Å². The smallest absolute Gasteiger partial charge is 0.254 e. The van der Waals surface area contributed by atoms with Crippen molar-refractivity contribution in [3.8, 4) is 0 Å². The molecule has 2 saturated heterocycles. The number of hydrogen-bond donors (Lipinski definition) is 1. The fourth-order valence-electron chi connectivity index (χ4n) is 4.44. The lowest BCUT2D eigenvalue weighted by atomic mass is 9.77. The third-order valence-corrected chi connectivity index (χ3v) is 6.36. The first-order valence-corrected chi connectivity index (χ1v) is 9.48. The van der Waals surface area contributed by atoms with E-state index in [2.05, 4.69) is 4.90 Å². The van der Waals surface area contributed by atoms with Crippen LogP contribution in [-0.2, 0) is 4.74 Å². The lowest BCUT2D eigenvalue weighted by Crippen LogP contribution is -2.53. The summed E-state index contributed by atoms with van der Waals surface area (Å²) in [5.41, 5.74) is 0.805. The summed E-state index contributed by atoms with van der Waals surface area (Å²) in [6.45, 7) is 4.99. The molecule has 4 atom stereocenters. The maximum Gasteiger partial charge on any atom is 0.254 e. The molecule has 1 amide bonds. The Morgan fingerprint density at radius 1 is 1.22 bits per heavy atom. The van der Waals surface area contributed by atoms with Crippen LogP contribution in [0.2, 0.25) is 0 Å². The van der Waals surface area contributed by atoms with Gasteiger partial charge in [-0.1, -0.05) is 0 Å². The first-order chi connectivity index (χ1) is 11.2. The van der Waals surface area contributed by atoms with Gasteiger partial charge < -0.3 is 14.7 Å². The highest BCUT2D eigenvalue weighted by atomic mass is 32.1. The molecule has 1 N–H and O–H groups in total. The Labute approximate surface area is 140 Å². The van der Waals surface area contributed by atoms with E-state index in [-0.39, 0.29) is 18.1 Å². The van der Waals surface area contributed by atoms with Gasteiger partial charge in [0, 0.05) is 37.6 Å². The summed E-state index contributed by atoms with van der Waals surface area (Å²) < 4.78 is 5.43. The van der Waals surface area contributed by atoms with E-state index in [1.807, 2.05) is 21.7 Å². The molecule has 3 fully saturated rings. The molecule has 5 nitrogen and oxygen atoms in total. The van der Waals surface area contributed by atoms with Crippen molar-refractivity contribution in [2.24, 2.45) is 11.8 Å². The van der Waals surface area contributed by atoms with Crippen LogP contribution in [0.4, 0.5) is 0 Å². The second-order valence-corrected chi connectivity index (χ2v) is 7.78. The monoisotopic (exact) mass is 336 g/mol. The number of morpholine rings is 1. The van der Waals surface area contributed by atoms with Crippen LogP contribution in [0.15, 0.2) is 16.8 Å². The summed E-state index contributed by atoms with van der Waals surface area (Å²) in [4.78, 5) is 16.9. The molecule has 1 aromatic heterocycles. The van der Waals surface area contributed by atoms with Crippen molar-refractivity contribution in [2.75, 3.05) is 39.4 Å². The molecule has 6 heteroatoms. The normalized spacial score (nSPS) is 35.3. The number of carbonyl (C=O) groups excluding carboxylic acids is 1. The molecule has 0 spiro atoms. The summed E-state index contributed by atoms with van der Waals surface area (Å²) in [6.07, 6.45) is 1.55. The Balaban J connectivity index is 1.42. The van der Waals surface area contributed by atoms with E-state index in [0.717, 1.165) is 57.8 Å². The summed E-state index contributed by atoms with van der Waals surface area (Å²) in [6, 6.07) is 2.14. The van der Waals surface area contributed by atoms with Crippen LogP contribution in [0.25, 0.3) is 0 Å². The number of amides is 1. The molecule has 1 saturated carbocycles. The minimum atomic E-state index is -0.273. The molecule has 1 aliphatic carbocycles. The topological polar surface area (TPSA) is 53.0 Å². The van der Waals surface area contributed by atoms with Gasteiger partial charge in [-0.3, -0.25) is 9.69 Å². The molecule has 0 unspecified atom stereocenters. The van der Waals surface area contributed by atoms with E-state index in [0.29, 0.717) is 11.8 Å². The van der Waals surface area contributed by atoms with Crippen LogP contribution < -0.4 is 0 Å². The molecule has 23 heavy (non-hydrogen) atoms. The van der Waals surface area contributed by atoms with Gasteiger partial charge in [0.15, 0.2) is 0 Å². The molecule has 4 rings (SSSR count). The second-order valence-electron chi connectivity index (χ2n) is 7.00. The number of carbonyl (C=O) groups is 1. The maximum absolute atomic E-state index is 12.6. The van der Waals surface area contributed by atoms with Crippen molar-refractivity contribution in [2.45, 2.75) is 25.0 Å². The fraction of sp³-hybridized carbons (Fsp3) is 0.706. The molecular formula is C17H24N2O3S. The summed E-state index contributed by atoms with van der Waals surface area (Å²) >= 11 is 1.57. The van der Waals surface area contributed by atoms with E-state index >= 15 is 0 Å². The number of aliphatic hydroxyl groups is 1. The van der Waals surface area contributed by atoms with Crippen molar-refractivity contribution < 1.29 is 14.6 Å². The second kappa shape index (κ2) is 6.51. The minimum Gasteiger partial charge on any atom is -0.391 e. The van der Waals surface area contributed by atoms with Crippen LogP contribution in [-0.4, -0.2) is 72.4 Å². The third kappa shape index (κ3) is 3.05. The first kappa shape index (κ1) is 15.6. The molecule has 126 valence electrons. The Morgan fingerprint density at radius 2 is 1.96 bits per heavy atom. The predicted octanol–water partition coefficient (Wildman–Crippen LogP) is 1.29. The van der Waals surface area contributed by atoms with Crippen LogP contribution in [0.1, 0.15) is 23.2 Å². The maximum atomic E-state index is 12.6. The van der Waals surface area contributed by atoms with Gasteiger partial charge in [-0.15, -0.1) is 0 Å². The zero-order chi connectivity index (χ0) is 15.8. The van der Waals surface area contributed by atoms with E-state index < -0.39 is 0 Å². The highest BCUT2D eigenvalue weighted by Crippen LogP contribution is 2.39. The van der Waals surface area contributed by atoms with Crippen LogP contribution in [0, 0.1) is 11.8 Å². The molecular weight excluding hydrogens is 312 g/mol. The van der Waals surface area contributed by atoms with Crippen LogP contribution >= 0.6 is 11.3 Å². The number of likely N-dealkylation sites (tertiary alicyclic amines) is 1. The quantitative estimate of drug-likeness (QED) is 0.884. The Bertz CT molecular complexity index is 544. The summed E-state index contributed by atoms with van der Waals surface area (Å²) in [7, 11) is 0. The number of hydrogen-bond acceptors (Lipinski definition) is 5. The largest absolute Gasteiger partial charge is 0.391 e. The van der Waals surface area contributed by atoms with E-state index in [4.69, 9.17) is 4.74 Å².